The maximum absolute atomic E-state index is 10.8. The summed E-state index contributed by atoms with van der Waals surface area (Å²) in [4.78, 5) is 0. The van der Waals surface area contributed by atoms with Crippen molar-refractivity contribution in [3.05, 3.63) is 0 Å². The van der Waals surface area contributed by atoms with Crippen LogP contribution in [0.15, 0.2) is 0 Å². The normalized spacial score (nSPS) is 17.9. The van der Waals surface area contributed by atoms with E-state index in [9.17, 15) is 4.57 Å². The third-order valence-corrected chi connectivity index (χ3v) is 2.34. The second-order valence-corrected chi connectivity index (χ2v) is 3.88. The van der Waals surface area contributed by atoms with E-state index in [1.165, 1.54) is 0 Å². The molecule has 0 bridgehead atoms. The fourth-order valence-electron chi connectivity index (χ4n) is 0.311. The highest BCUT2D eigenvalue weighted by molar-refractivity contribution is 7.55. The molecule has 0 aliphatic rings. The molecule has 0 spiro atoms. The minimum atomic E-state index is -2.42. The molecular formula is C4H12NO2P. The molecule has 3 nitrogen and oxygen atoms in total. The van der Waals surface area contributed by atoms with E-state index in [0.29, 0.717) is 6.61 Å². The Morgan fingerprint density at radius 1 is 1.75 bits per heavy atom. The molecule has 0 aromatic carbocycles. The summed E-state index contributed by atoms with van der Waals surface area (Å²) in [6.45, 7) is 3.86. The van der Waals surface area contributed by atoms with Crippen LogP contribution in [0.2, 0.25) is 0 Å². The van der Waals surface area contributed by atoms with E-state index in [2.05, 4.69) is 5.09 Å². The fourth-order valence-corrected chi connectivity index (χ4v) is 0.933. The Kier molecular flexibility index (Phi) is 3.29. The van der Waals surface area contributed by atoms with Crippen LogP contribution in [0.1, 0.15) is 6.92 Å². The van der Waals surface area contributed by atoms with Crippen molar-refractivity contribution in [2.45, 2.75) is 6.92 Å². The summed E-state index contributed by atoms with van der Waals surface area (Å²) in [6, 6.07) is 0. The predicted octanol–water partition coefficient (Wildman–Crippen LogP) is 1.07. The van der Waals surface area contributed by atoms with Crippen LogP contribution in [0.25, 0.3) is 0 Å². The molecular weight excluding hydrogens is 125 g/mol. The Balaban J connectivity index is 3.55. The molecule has 0 aromatic rings. The highest BCUT2D eigenvalue weighted by Crippen LogP contribution is 2.35. The van der Waals surface area contributed by atoms with Gasteiger partial charge in [-0.3, -0.25) is 4.57 Å². The summed E-state index contributed by atoms with van der Waals surface area (Å²) >= 11 is 0. The quantitative estimate of drug-likeness (QED) is 0.591. The van der Waals surface area contributed by atoms with Crippen molar-refractivity contribution < 1.29 is 9.09 Å². The van der Waals surface area contributed by atoms with Gasteiger partial charge in [-0.1, -0.05) is 0 Å². The lowest BCUT2D eigenvalue weighted by Crippen LogP contribution is -2.03. The zero-order chi connectivity index (χ0) is 6.62. The molecule has 0 aliphatic carbocycles. The van der Waals surface area contributed by atoms with Crippen LogP contribution >= 0.6 is 7.52 Å². The molecule has 4 heteroatoms. The average Bonchev–Trinajstić information content (AvgIpc) is 1.67. The van der Waals surface area contributed by atoms with Crippen LogP contribution in [0, 0.1) is 0 Å². The van der Waals surface area contributed by atoms with Gasteiger partial charge in [0.1, 0.15) is 0 Å². The van der Waals surface area contributed by atoms with Gasteiger partial charge in [-0.2, -0.15) is 0 Å². The zero-order valence-electron chi connectivity index (χ0n) is 5.47. The lowest BCUT2D eigenvalue weighted by molar-refractivity contribution is 0.331. The summed E-state index contributed by atoms with van der Waals surface area (Å²) in [5.41, 5.74) is 0. The molecule has 0 rings (SSSR count). The molecule has 1 unspecified atom stereocenters. The summed E-state index contributed by atoms with van der Waals surface area (Å²) in [5.74, 6) is 0. The number of hydrogen-bond acceptors (Lipinski definition) is 2. The van der Waals surface area contributed by atoms with Crippen molar-refractivity contribution in [3.8, 4) is 0 Å². The lowest BCUT2D eigenvalue weighted by Gasteiger charge is -2.08. The van der Waals surface area contributed by atoms with E-state index in [4.69, 9.17) is 4.52 Å². The van der Waals surface area contributed by atoms with Crippen molar-refractivity contribution in [2.24, 2.45) is 0 Å². The molecule has 0 saturated carbocycles. The van der Waals surface area contributed by atoms with Crippen LogP contribution < -0.4 is 5.09 Å². The Bertz CT molecular complexity index is 104. The molecule has 0 radical (unpaired) electrons. The van der Waals surface area contributed by atoms with E-state index in [1.807, 2.05) is 6.92 Å². The van der Waals surface area contributed by atoms with Gasteiger partial charge in [0.2, 0.25) is 0 Å². The molecule has 0 aliphatic heterocycles. The number of nitrogens with one attached hydrogen (secondary N) is 1. The summed E-state index contributed by atoms with van der Waals surface area (Å²) in [5, 5.41) is 2.58. The second-order valence-electron chi connectivity index (χ2n) is 1.49. The largest absolute Gasteiger partial charge is 0.318 e. The van der Waals surface area contributed by atoms with Crippen molar-refractivity contribution >= 4 is 7.52 Å². The minimum Gasteiger partial charge on any atom is -0.318 e. The van der Waals surface area contributed by atoms with Gasteiger partial charge >= 0.3 is 0 Å². The zero-order valence-corrected chi connectivity index (χ0v) is 6.37. The molecule has 8 heavy (non-hydrogen) atoms. The fraction of sp³-hybridized carbons (Fsp3) is 1.00. The number of hydrogen-bond donors (Lipinski definition) is 1. The highest BCUT2D eigenvalue weighted by Gasteiger charge is 2.08. The van der Waals surface area contributed by atoms with E-state index >= 15 is 0 Å². The molecule has 1 N–H and O–H groups in total. The van der Waals surface area contributed by atoms with Gasteiger partial charge in [-0.25, -0.2) is 5.09 Å². The van der Waals surface area contributed by atoms with Gasteiger partial charge < -0.3 is 4.52 Å². The summed E-state index contributed by atoms with van der Waals surface area (Å²) < 4.78 is 15.7. The van der Waals surface area contributed by atoms with Gasteiger partial charge in [-0.05, 0) is 14.0 Å². The number of rotatable bonds is 3. The maximum atomic E-state index is 10.8. The third-order valence-electron chi connectivity index (χ3n) is 0.782. The van der Waals surface area contributed by atoms with Crippen LogP contribution in [0.3, 0.4) is 0 Å². The second kappa shape index (κ2) is 3.23. The molecule has 0 amide bonds. The van der Waals surface area contributed by atoms with E-state index in [0.717, 1.165) is 0 Å². The van der Waals surface area contributed by atoms with Gasteiger partial charge in [0.25, 0.3) is 7.52 Å². The van der Waals surface area contributed by atoms with Gasteiger partial charge in [0, 0.05) is 6.66 Å². The molecule has 0 heterocycles. The first-order valence-electron chi connectivity index (χ1n) is 2.53. The van der Waals surface area contributed by atoms with Crippen LogP contribution in [-0.4, -0.2) is 20.3 Å². The Labute approximate surface area is 49.9 Å². The van der Waals surface area contributed by atoms with Gasteiger partial charge in [-0.15, -0.1) is 0 Å². The maximum Gasteiger partial charge on any atom is 0.266 e. The molecule has 1 atom stereocenters. The van der Waals surface area contributed by atoms with Crippen molar-refractivity contribution in [1.82, 2.24) is 5.09 Å². The van der Waals surface area contributed by atoms with Gasteiger partial charge in [0.15, 0.2) is 0 Å². The Hall–Kier alpha value is 0.150. The first-order chi connectivity index (χ1) is 3.62. The lowest BCUT2D eigenvalue weighted by atomic mass is 10.9. The first kappa shape index (κ1) is 8.15. The third kappa shape index (κ3) is 3.19. The van der Waals surface area contributed by atoms with Crippen molar-refractivity contribution in [1.29, 1.82) is 0 Å². The molecule has 0 saturated heterocycles. The van der Waals surface area contributed by atoms with Crippen molar-refractivity contribution in [2.75, 3.05) is 20.3 Å². The monoisotopic (exact) mass is 137 g/mol. The van der Waals surface area contributed by atoms with Crippen molar-refractivity contribution in [3.63, 3.8) is 0 Å². The average molecular weight is 137 g/mol. The van der Waals surface area contributed by atoms with Crippen LogP contribution in [-0.2, 0) is 9.09 Å². The Morgan fingerprint density at radius 2 is 2.25 bits per heavy atom. The molecule has 0 fully saturated rings. The smallest absolute Gasteiger partial charge is 0.266 e. The van der Waals surface area contributed by atoms with Crippen LogP contribution in [0.5, 0.6) is 0 Å². The van der Waals surface area contributed by atoms with Gasteiger partial charge in [0.05, 0.1) is 6.61 Å². The van der Waals surface area contributed by atoms with E-state index < -0.39 is 7.52 Å². The highest BCUT2D eigenvalue weighted by atomic mass is 31.2. The summed E-state index contributed by atoms with van der Waals surface area (Å²) in [6.07, 6.45) is 0. The Morgan fingerprint density at radius 3 is 2.38 bits per heavy atom. The minimum absolute atomic E-state index is 0.495. The first-order valence-corrected chi connectivity index (χ1v) is 4.60. The van der Waals surface area contributed by atoms with E-state index in [-0.39, 0.29) is 0 Å². The topological polar surface area (TPSA) is 38.3 Å². The standard InChI is InChI=1S/C4H12NO2P/c1-4-7-8(3,6)5-2/h4H2,1-3H3,(H,5,6). The van der Waals surface area contributed by atoms with Crippen LogP contribution in [0.4, 0.5) is 0 Å². The van der Waals surface area contributed by atoms with E-state index in [1.54, 1.807) is 13.7 Å². The SMILES string of the molecule is CCOP(C)(=O)NC. The predicted molar refractivity (Wildman–Crippen MR) is 34.2 cm³/mol. The summed E-state index contributed by atoms with van der Waals surface area (Å²) in [7, 11) is -0.802. The molecule has 50 valence electrons. The molecule has 0 aromatic heterocycles.